The summed E-state index contributed by atoms with van der Waals surface area (Å²) in [5.74, 6) is 0.732. The summed E-state index contributed by atoms with van der Waals surface area (Å²) in [6.07, 6.45) is 0.586. The molecule has 1 aliphatic rings. The Bertz CT molecular complexity index is 730. The molecule has 4 N–H and O–H groups in total. The minimum absolute atomic E-state index is 0.462. The van der Waals surface area contributed by atoms with Crippen LogP contribution in [0.5, 0.6) is 5.75 Å². The molecular formula is C19H23N3O4. The number of hydroxylamine groups is 3. The topological polar surface area (TPSA) is 97.1 Å². The highest BCUT2D eigenvalue weighted by Crippen LogP contribution is 2.35. The number of rotatable bonds is 6. The molecule has 2 aromatic rings. The number of nitrogens with one attached hydrogen (secondary N) is 1. The number of amides is 2. The number of hydrogen-bond acceptors (Lipinski definition) is 5. The van der Waals surface area contributed by atoms with Gasteiger partial charge >= 0.3 is 6.03 Å². The summed E-state index contributed by atoms with van der Waals surface area (Å²) in [5.41, 5.74) is 9.37. The van der Waals surface area contributed by atoms with Gasteiger partial charge < -0.3 is 15.3 Å². The molecule has 1 aliphatic heterocycles. The van der Waals surface area contributed by atoms with Crippen LogP contribution >= 0.6 is 0 Å². The molecule has 1 saturated heterocycles. The Morgan fingerprint density at radius 2 is 2.00 bits per heavy atom. The van der Waals surface area contributed by atoms with Gasteiger partial charge in [0.05, 0.1) is 18.2 Å². The summed E-state index contributed by atoms with van der Waals surface area (Å²) in [4.78, 5) is 16.7. The maximum absolute atomic E-state index is 11.4. The Morgan fingerprint density at radius 3 is 2.58 bits per heavy atom. The Balaban J connectivity index is 1.75. The molecular weight excluding hydrogens is 334 g/mol. The highest BCUT2D eigenvalue weighted by Gasteiger charge is 2.45. The predicted molar refractivity (Wildman–Crippen MR) is 95.3 cm³/mol. The minimum atomic E-state index is -0.909. The fourth-order valence-electron chi connectivity index (χ4n) is 3.17. The second kappa shape index (κ2) is 7.74. The van der Waals surface area contributed by atoms with Gasteiger partial charge in [-0.1, -0.05) is 42.5 Å². The normalized spacial score (nSPS) is 20.5. The summed E-state index contributed by atoms with van der Waals surface area (Å²) in [6.45, 7) is 2.66. The van der Waals surface area contributed by atoms with E-state index in [2.05, 4.69) is 5.48 Å². The molecule has 2 amide bonds. The van der Waals surface area contributed by atoms with Crippen LogP contribution in [-0.4, -0.2) is 29.0 Å². The van der Waals surface area contributed by atoms with E-state index in [-0.39, 0.29) is 0 Å². The predicted octanol–water partition coefficient (Wildman–Crippen LogP) is 2.54. The quantitative estimate of drug-likeness (QED) is 0.545. The Labute approximate surface area is 152 Å². The van der Waals surface area contributed by atoms with E-state index in [0.717, 1.165) is 16.9 Å². The van der Waals surface area contributed by atoms with E-state index in [1.165, 1.54) is 0 Å². The van der Waals surface area contributed by atoms with Gasteiger partial charge in [-0.25, -0.2) is 9.86 Å². The molecule has 2 aromatic carbocycles. The van der Waals surface area contributed by atoms with Gasteiger partial charge in [-0.15, -0.1) is 0 Å². The van der Waals surface area contributed by atoms with Crippen molar-refractivity contribution in [1.82, 2.24) is 10.5 Å². The van der Waals surface area contributed by atoms with E-state index in [4.69, 9.17) is 15.3 Å². The first-order valence-electron chi connectivity index (χ1n) is 8.47. The molecule has 2 atom stereocenters. The molecule has 0 aliphatic carbocycles. The molecule has 138 valence electrons. The van der Waals surface area contributed by atoms with E-state index in [1.807, 2.05) is 54.6 Å². The molecule has 26 heavy (non-hydrogen) atoms. The molecule has 0 saturated carbocycles. The molecule has 2 unspecified atom stereocenters. The number of benzene rings is 2. The lowest BCUT2D eigenvalue weighted by Crippen LogP contribution is -2.55. The maximum Gasteiger partial charge on any atom is 0.338 e. The van der Waals surface area contributed by atoms with Crippen LogP contribution in [0.1, 0.15) is 24.5 Å². The van der Waals surface area contributed by atoms with E-state index in [9.17, 15) is 10.0 Å². The smallest absolute Gasteiger partial charge is 0.338 e. The van der Waals surface area contributed by atoms with E-state index in [0.29, 0.717) is 24.7 Å². The van der Waals surface area contributed by atoms with Crippen molar-refractivity contribution < 1.29 is 19.6 Å². The minimum Gasteiger partial charge on any atom is -0.489 e. The molecule has 3 rings (SSSR count). The van der Waals surface area contributed by atoms with Crippen LogP contribution in [0.3, 0.4) is 0 Å². The van der Waals surface area contributed by atoms with Gasteiger partial charge in [0, 0.05) is 0 Å². The highest BCUT2D eigenvalue weighted by molar-refractivity contribution is 5.71. The fourth-order valence-corrected chi connectivity index (χ4v) is 3.17. The lowest BCUT2D eigenvalue weighted by molar-refractivity contribution is -0.107. The number of urea groups is 1. The molecule has 7 heteroatoms. The van der Waals surface area contributed by atoms with Crippen molar-refractivity contribution in [2.24, 2.45) is 5.73 Å². The molecule has 7 nitrogen and oxygen atoms in total. The van der Waals surface area contributed by atoms with Gasteiger partial charge in [0.15, 0.2) is 0 Å². The zero-order valence-corrected chi connectivity index (χ0v) is 14.6. The second-order valence-electron chi connectivity index (χ2n) is 6.33. The number of carbonyl (C=O) groups is 1. The second-order valence-corrected chi connectivity index (χ2v) is 6.33. The van der Waals surface area contributed by atoms with Crippen LogP contribution < -0.4 is 16.0 Å². The van der Waals surface area contributed by atoms with Crippen LogP contribution in [-0.2, 0) is 17.0 Å². The number of carbonyl (C=O) groups excluding carboxylic acids is 1. The summed E-state index contributed by atoms with van der Waals surface area (Å²) in [6, 6.07) is 15.9. The van der Waals surface area contributed by atoms with Gasteiger partial charge in [-0.2, -0.15) is 5.48 Å². The van der Waals surface area contributed by atoms with Crippen molar-refractivity contribution in [3.05, 3.63) is 65.7 Å². The third kappa shape index (κ3) is 3.65. The number of nitrogens with zero attached hydrogens (tertiary/aromatic N) is 1. The summed E-state index contributed by atoms with van der Waals surface area (Å²) in [7, 11) is 0. The molecule has 0 aromatic heterocycles. The van der Waals surface area contributed by atoms with Gasteiger partial charge in [0.2, 0.25) is 0 Å². The number of ether oxygens (including phenoxy) is 1. The van der Waals surface area contributed by atoms with E-state index in [1.54, 1.807) is 6.92 Å². The average Bonchev–Trinajstić information content (AvgIpc) is 3.17. The summed E-state index contributed by atoms with van der Waals surface area (Å²) >= 11 is 0. The SMILES string of the molecule is CC(N(O)C(N)=O)C1(c2ccc(OCc3ccccc3)cc2)CCON1. The Kier molecular flexibility index (Phi) is 5.41. The van der Waals surface area contributed by atoms with E-state index >= 15 is 0 Å². The summed E-state index contributed by atoms with van der Waals surface area (Å²) in [5, 5.41) is 10.5. The van der Waals surface area contributed by atoms with E-state index < -0.39 is 17.6 Å². The highest BCUT2D eigenvalue weighted by atomic mass is 16.7. The first-order chi connectivity index (χ1) is 12.5. The van der Waals surface area contributed by atoms with Gasteiger partial charge in [0.25, 0.3) is 0 Å². The van der Waals surface area contributed by atoms with Crippen LogP contribution in [0, 0.1) is 0 Å². The molecule has 1 heterocycles. The zero-order valence-electron chi connectivity index (χ0n) is 14.6. The number of nitrogens with two attached hydrogens (primary N) is 1. The molecule has 0 bridgehead atoms. The maximum atomic E-state index is 11.4. The lowest BCUT2D eigenvalue weighted by Gasteiger charge is -2.37. The molecule has 0 radical (unpaired) electrons. The zero-order chi connectivity index (χ0) is 18.6. The Hall–Kier alpha value is -2.61. The first-order valence-corrected chi connectivity index (χ1v) is 8.47. The number of primary amides is 1. The standard InChI is InChI=1S/C19H23N3O4/c1-14(22(24)18(20)23)19(11-12-26-21-19)16-7-9-17(10-8-16)25-13-15-5-3-2-4-6-15/h2-10,14,21,24H,11-13H2,1H3,(H2,20,23). The van der Waals surface area contributed by atoms with Crippen LogP contribution in [0.25, 0.3) is 0 Å². The van der Waals surface area contributed by atoms with Crippen molar-refractivity contribution in [1.29, 1.82) is 0 Å². The third-order valence-electron chi connectivity index (χ3n) is 4.78. The average molecular weight is 357 g/mol. The van der Waals surface area contributed by atoms with Crippen LogP contribution in [0.15, 0.2) is 54.6 Å². The van der Waals surface area contributed by atoms with Gasteiger partial charge in [-0.3, -0.25) is 5.21 Å². The van der Waals surface area contributed by atoms with Crippen molar-refractivity contribution in [3.63, 3.8) is 0 Å². The van der Waals surface area contributed by atoms with Crippen LogP contribution in [0.2, 0.25) is 0 Å². The van der Waals surface area contributed by atoms with Crippen molar-refractivity contribution in [2.75, 3.05) is 6.61 Å². The Morgan fingerprint density at radius 1 is 1.31 bits per heavy atom. The largest absolute Gasteiger partial charge is 0.489 e. The van der Waals surface area contributed by atoms with Crippen LogP contribution in [0.4, 0.5) is 4.79 Å². The fraction of sp³-hybridized carbons (Fsp3) is 0.316. The lowest BCUT2D eigenvalue weighted by atomic mass is 9.82. The summed E-state index contributed by atoms with van der Waals surface area (Å²) < 4.78 is 5.80. The van der Waals surface area contributed by atoms with Crippen molar-refractivity contribution in [2.45, 2.75) is 31.5 Å². The monoisotopic (exact) mass is 357 g/mol. The third-order valence-corrected chi connectivity index (χ3v) is 4.78. The van der Waals surface area contributed by atoms with Crippen molar-refractivity contribution >= 4 is 6.03 Å². The molecule has 1 fully saturated rings. The molecule has 0 spiro atoms. The van der Waals surface area contributed by atoms with Gasteiger partial charge in [-0.05, 0) is 36.6 Å². The van der Waals surface area contributed by atoms with Gasteiger partial charge in [0.1, 0.15) is 12.4 Å². The van der Waals surface area contributed by atoms with Crippen molar-refractivity contribution in [3.8, 4) is 5.75 Å². The first kappa shape index (κ1) is 18.2. The number of hydrogen-bond donors (Lipinski definition) is 3.